The first-order valence-electron chi connectivity index (χ1n) is 10.6. The van der Waals surface area contributed by atoms with E-state index < -0.39 is 10.0 Å². The lowest BCUT2D eigenvalue weighted by atomic mass is 9.99. The monoisotopic (exact) mass is 438 g/mol. The van der Waals surface area contributed by atoms with Gasteiger partial charge in [-0.1, -0.05) is 24.3 Å². The molecule has 8 heteroatoms. The summed E-state index contributed by atoms with van der Waals surface area (Å²) in [7, 11) is -1.68. The van der Waals surface area contributed by atoms with E-state index in [1.54, 1.807) is 18.3 Å². The summed E-state index contributed by atoms with van der Waals surface area (Å²) >= 11 is 0. The number of ether oxygens (including phenoxy) is 1. The van der Waals surface area contributed by atoms with E-state index in [4.69, 9.17) is 4.74 Å². The minimum absolute atomic E-state index is 0.189. The number of benzene rings is 1. The summed E-state index contributed by atoms with van der Waals surface area (Å²) in [6.07, 6.45) is 6.33. The van der Waals surface area contributed by atoms with Crippen molar-refractivity contribution in [1.82, 2.24) is 13.9 Å². The van der Waals surface area contributed by atoms with Gasteiger partial charge in [0, 0.05) is 49.5 Å². The molecule has 0 N–H and O–H groups in total. The molecule has 162 valence electrons. The van der Waals surface area contributed by atoms with Gasteiger partial charge in [0.05, 0.1) is 18.7 Å². The molecule has 1 aromatic carbocycles. The average molecular weight is 439 g/mol. The zero-order chi connectivity index (χ0) is 21.4. The highest BCUT2D eigenvalue weighted by molar-refractivity contribution is 7.90. The fourth-order valence-electron chi connectivity index (χ4n) is 4.24. The van der Waals surface area contributed by atoms with Gasteiger partial charge >= 0.3 is 0 Å². The predicted molar refractivity (Wildman–Crippen MR) is 122 cm³/mol. The van der Waals surface area contributed by atoms with Gasteiger partial charge in [-0.25, -0.2) is 17.4 Å². The second-order valence-electron chi connectivity index (χ2n) is 8.05. The lowest BCUT2D eigenvalue weighted by molar-refractivity contribution is 0.122. The highest BCUT2D eigenvalue weighted by Gasteiger charge is 2.24. The van der Waals surface area contributed by atoms with Gasteiger partial charge < -0.3 is 14.5 Å². The molecule has 1 saturated heterocycles. The van der Waals surface area contributed by atoms with Crippen molar-refractivity contribution in [2.75, 3.05) is 51.3 Å². The van der Waals surface area contributed by atoms with Crippen molar-refractivity contribution in [2.45, 2.75) is 11.3 Å². The van der Waals surface area contributed by atoms with Crippen molar-refractivity contribution in [1.29, 1.82) is 0 Å². The van der Waals surface area contributed by atoms with Gasteiger partial charge in [0.15, 0.2) is 0 Å². The molecule has 5 rings (SSSR count). The molecule has 0 spiro atoms. The zero-order valence-electron chi connectivity index (χ0n) is 17.6. The Hall–Kier alpha value is -2.68. The third-order valence-electron chi connectivity index (χ3n) is 6.05. The summed E-state index contributed by atoms with van der Waals surface area (Å²) in [6, 6.07) is 11.1. The number of rotatable bonds is 4. The van der Waals surface area contributed by atoms with Gasteiger partial charge in [-0.15, -0.1) is 0 Å². The Bertz CT molecular complexity index is 1230. The third kappa shape index (κ3) is 3.75. The Morgan fingerprint density at radius 3 is 2.55 bits per heavy atom. The highest BCUT2D eigenvalue weighted by atomic mass is 32.2. The topological polar surface area (TPSA) is 67.7 Å². The van der Waals surface area contributed by atoms with Crippen molar-refractivity contribution >= 4 is 32.3 Å². The van der Waals surface area contributed by atoms with Crippen LogP contribution in [0.15, 0.2) is 59.8 Å². The molecule has 4 heterocycles. The van der Waals surface area contributed by atoms with Crippen molar-refractivity contribution < 1.29 is 13.2 Å². The van der Waals surface area contributed by atoms with Crippen LogP contribution in [-0.2, 0) is 14.8 Å². The van der Waals surface area contributed by atoms with Gasteiger partial charge in [-0.05, 0) is 37.2 Å². The van der Waals surface area contributed by atoms with Crippen LogP contribution in [0.5, 0.6) is 0 Å². The Balaban J connectivity index is 1.54. The van der Waals surface area contributed by atoms with E-state index >= 15 is 0 Å². The first kappa shape index (κ1) is 20.2. The Labute approximate surface area is 182 Å². The van der Waals surface area contributed by atoms with Gasteiger partial charge in [0.1, 0.15) is 10.7 Å². The van der Waals surface area contributed by atoms with Crippen molar-refractivity contribution in [3.8, 4) is 0 Å². The Morgan fingerprint density at radius 2 is 1.84 bits per heavy atom. The maximum absolute atomic E-state index is 13.5. The normalized spacial score (nSPS) is 18.4. The summed E-state index contributed by atoms with van der Waals surface area (Å²) in [5, 5.41) is 0.958. The minimum Gasteiger partial charge on any atom is -0.378 e. The predicted octanol–water partition coefficient (Wildman–Crippen LogP) is 2.83. The number of nitrogens with zero attached hydrogens (tertiary/aromatic N) is 4. The second-order valence-corrected chi connectivity index (χ2v) is 9.87. The van der Waals surface area contributed by atoms with Crippen molar-refractivity contribution in [3.05, 3.63) is 60.4 Å². The molecule has 0 radical (unpaired) electrons. The van der Waals surface area contributed by atoms with Crippen LogP contribution < -0.4 is 4.90 Å². The zero-order valence-corrected chi connectivity index (χ0v) is 18.4. The number of pyridine rings is 1. The van der Waals surface area contributed by atoms with E-state index in [0.717, 1.165) is 49.4 Å². The Kier molecular flexibility index (Phi) is 5.29. The largest absolute Gasteiger partial charge is 0.378 e. The Morgan fingerprint density at radius 1 is 1.03 bits per heavy atom. The van der Waals surface area contributed by atoms with Gasteiger partial charge in [0.2, 0.25) is 0 Å². The van der Waals surface area contributed by atoms with Crippen LogP contribution >= 0.6 is 0 Å². The SMILES string of the molecule is CN1CC=C(c2cn(S(=O)(=O)c3ccc(N4CCOCC4)nc3)c3ccccc23)CC1. The summed E-state index contributed by atoms with van der Waals surface area (Å²) in [5.74, 6) is 0.775. The molecular formula is C23H26N4O3S. The molecule has 2 aliphatic heterocycles. The molecule has 0 saturated carbocycles. The van der Waals surface area contributed by atoms with E-state index in [1.807, 2.05) is 24.3 Å². The van der Waals surface area contributed by atoms with E-state index in [-0.39, 0.29) is 4.90 Å². The number of hydrogen-bond donors (Lipinski definition) is 0. The molecule has 3 aromatic rings. The molecule has 0 bridgehead atoms. The van der Waals surface area contributed by atoms with Gasteiger partial charge in [-0.2, -0.15) is 0 Å². The van der Waals surface area contributed by atoms with Gasteiger partial charge in [-0.3, -0.25) is 0 Å². The summed E-state index contributed by atoms with van der Waals surface area (Å²) < 4.78 is 33.9. The maximum Gasteiger partial charge on any atom is 0.269 e. The first-order valence-corrected chi connectivity index (χ1v) is 12.0. The van der Waals surface area contributed by atoms with Crippen molar-refractivity contribution in [2.24, 2.45) is 0 Å². The minimum atomic E-state index is -3.77. The fourth-order valence-corrected chi connectivity index (χ4v) is 5.55. The second kappa shape index (κ2) is 8.11. The van der Waals surface area contributed by atoms with Crippen LogP contribution in [0.1, 0.15) is 12.0 Å². The number of likely N-dealkylation sites (N-methyl/N-ethyl adjacent to an activating group) is 1. The number of anilines is 1. The number of aromatic nitrogens is 2. The summed E-state index contributed by atoms with van der Waals surface area (Å²) in [5.41, 5.74) is 2.88. The number of morpholine rings is 1. The average Bonchev–Trinajstić information content (AvgIpc) is 3.21. The van der Waals surface area contributed by atoms with Crippen LogP contribution in [0.4, 0.5) is 5.82 Å². The molecule has 2 aromatic heterocycles. The molecule has 0 unspecified atom stereocenters. The van der Waals surface area contributed by atoms with Crippen LogP contribution in [0.3, 0.4) is 0 Å². The van der Waals surface area contributed by atoms with Crippen LogP contribution in [0.2, 0.25) is 0 Å². The molecule has 2 aliphatic rings. The summed E-state index contributed by atoms with van der Waals surface area (Å²) in [4.78, 5) is 8.99. The standard InChI is InChI=1S/C23H26N4O3S/c1-25-10-8-18(9-11-25)21-17-27(22-5-3-2-4-20(21)22)31(28,29)19-6-7-23(24-16-19)26-12-14-30-15-13-26/h2-8,16-17H,9-15H2,1H3. The highest BCUT2D eigenvalue weighted by Crippen LogP contribution is 2.33. The van der Waals surface area contributed by atoms with E-state index in [9.17, 15) is 8.42 Å². The van der Waals surface area contributed by atoms with E-state index in [1.165, 1.54) is 15.7 Å². The number of fused-ring (bicyclic) bond motifs is 1. The number of hydrogen-bond acceptors (Lipinski definition) is 6. The molecule has 0 amide bonds. The fraction of sp³-hybridized carbons (Fsp3) is 0.348. The lowest BCUT2D eigenvalue weighted by Crippen LogP contribution is -2.36. The van der Waals surface area contributed by atoms with Crippen LogP contribution in [0.25, 0.3) is 16.5 Å². The molecular weight excluding hydrogens is 412 g/mol. The third-order valence-corrected chi connectivity index (χ3v) is 7.71. The van der Waals surface area contributed by atoms with Gasteiger partial charge in [0.25, 0.3) is 10.0 Å². The molecule has 7 nitrogen and oxygen atoms in total. The lowest BCUT2D eigenvalue weighted by Gasteiger charge is -2.27. The maximum atomic E-state index is 13.5. The molecule has 0 aliphatic carbocycles. The summed E-state index contributed by atoms with van der Waals surface area (Å²) in [6.45, 7) is 4.67. The first-order chi connectivity index (χ1) is 15.0. The molecule has 1 fully saturated rings. The molecule has 0 atom stereocenters. The van der Waals surface area contributed by atoms with E-state index in [2.05, 4.69) is 27.9 Å². The van der Waals surface area contributed by atoms with Crippen molar-refractivity contribution in [3.63, 3.8) is 0 Å². The quantitative estimate of drug-likeness (QED) is 0.624. The van der Waals surface area contributed by atoms with Crippen LogP contribution in [-0.4, -0.2) is 68.7 Å². The number of para-hydroxylation sites is 1. The van der Waals surface area contributed by atoms with E-state index in [0.29, 0.717) is 18.7 Å². The smallest absolute Gasteiger partial charge is 0.269 e. The van der Waals surface area contributed by atoms with Crippen LogP contribution in [0, 0.1) is 0 Å². The molecule has 31 heavy (non-hydrogen) atoms.